The Morgan fingerprint density at radius 1 is 0.957 bits per heavy atom. The van der Waals surface area contributed by atoms with Gasteiger partial charge in [0.25, 0.3) is 0 Å². The molecule has 8 fully saturated rings. The van der Waals surface area contributed by atoms with E-state index in [1.807, 2.05) is 0 Å². The summed E-state index contributed by atoms with van der Waals surface area (Å²) in [6, 6.07) is 0. The maximum absolute atomic E-state index is 10.8. The molecule has 3 saturated heterocycles. The van der Waals surface area contributed by atoms with Gasteiger partial charge in [-0.15, -0.1) is 0 Å². The second-order valence-electron chi connectivity index (χ2n) is 18.8. The summed E-state index contributed by atoms with van der Waals surface area (Å²) in [6.07, 6.45) is 15.1. The monoisotopic (exact) mass is 658 g/mol. The van der Waals surface area contributed by atoms with Crippen LogP contribution in [0, 0.1) is 51.2 Å². The fourth-order valence-corrected chi connectivity index (χ4v) is 13.2. The highest BCUT2D eigenvalue weighted by atomic mass is 16.7. The Kier molecular flexibility index (Phi) is 9.30. The number of aliphatic hydroxyl groups is 2. The zero-order valence-corrected chi connectivity index (χ0v) is 30.3. The average Bonchev–Trinajstić information content (AvgIpc) is 3.62. The van der Waals surface area contributed by atoms with Crippen LogP contribution in [0.1, 0.15) is 112 Å². The van der Waals surface area contributed by atoms with Crippen molar-refractivity contribution in [1.82, 2.24) is 10.2 Å². The summed E-state index contributed by atoms with van der Waals surface area (Å²) >= 11 is 0. The molecule has 3 heterocycles. The van der Waals surface area contributed by atoms with Gasteiger partial charge in [-0.3, -0.25) is 4.90 Å². The van der Waals surface area contributed by atoms with Crippen LogP contribution in [-0.2, 0) is 19.0 Å². The van der Waals surface area contributed by atoms with E-state index in [0.717, 1.165) is 88.9 Å². The molecule has 0 radical (unpaired) electrons. The molecule has 268 valence electrons. The van der Waals surface area contributed by atoms with Crippen molar-refractivity contribution in [2.45, 2.75) is 148 Å². The normalized spacial score (nSPS) is 48.3. The molecule has 3 N–H and O–H groups in total. The third-order valence-electron chi connectivity index (χ3n) is 15.8. The van der Waals surface area contributed by atoms with Gasteiger partial charge in [0, 0.05) is 19.0 Å². The third-order valence-corrected chi connectivity index (χ3v) is 15.8. The summed E-state index contributed by atoms with van der Waals surface area (Å²) in [6.45, 7) is 15.7. The minimum atomic E-state index is -1.12. The molecule has 0 amide bonds. The van der Waals surface area contributed by atoms with Gasteiger partial charge >= 0.3 is 0 Å². The molecule has 3 aliphatic heterocycles. The highest BCUT2D eigenvalue weighted by molar-refractivity contribution is 5.53. The van der Waals surface area contributed by atoms with Crippen molar-refractivity contribution >= 4 is 6.29 Å². The van der Waals surface area contributed by atoms with Gasteiger partial charge in [0.15, 0.2) is 6.29 Å². The molecule has 0 aromatic carbocycles. The quantitative estimate of drug-likeness (QED) is 0.348. The van der Waals surface area contributed by atoms with Crippen molar-refractivity contribution in [3.05, 3.63) is 0 Å². The zero-order valence-electron chi connectivity index (χ0n) is 30.3. The first-order chi connectivity index (χ1) is 22.2. The van der Waals surface area contributed by atoms with Crippen LogP contribution in [0.25, 0.3) is 0 Å². The lowest BCUT2D eigenvalue weighted by atomic mass is 9.46. The summed E-state index contributed by atoms with van der Waals surface area (Å²) in [4.78, 5) is 12.5. The molecule has 47 heavy (non-hydrogen) atoms. The van der Waals surface area contributed by atoms with Crippen LogP contribution in [0.2, 0.25) is 0 Å². The van der Waals surface area contributed by atoms with Gasteiger partial charge in [0.05, 0.1) is 30.5 Å². The number of aliphatic hydroxyl groups excluding tert-OH is 1. The lowest BCUT2D eigenvalue weighted by Gasteiger charge is -2.60. The first-order valence-corrected chi connectivity index (χ1v) is 19.4. The predicted octanol–water partition coefficient (Wildman–Crippen LogP) is 5.18. The Balaban J connectivity index is 0.000000386. The maximum atomic E-state index is 10.8. The number of carbonyl (C=O) groups excluding carboxylic acids is 1. The van der Waals surface area contributed by atoms with E-state index in [2.05, 4.69) is 38.0 Å². The first-order valence-electron chi connectivity index (χ1n) is 19.4. The minimum Gasteiger partial charge on any atom is -0.388 e. The van der Waals surface area contributed by atoms with Crippen molar-refractivity contribution in [2.24, 2.45) is 51.2 Å². The van der Waals surface area contributed by atoms with Crippen LogP contribution in [0.5, 0.6) is 0 Å². The average molecular weight is 659 g/mol. The fraction of sp³-hybridized carbons (Fsp3) is 0.974. The lowest BCUT2D eigenvalue weighted by molar-refractivity contribution is -0.243. The van der Waals surface area contributed by atoms with Crippen LogP contribution < -0.4 is 5.32 Å². The number of hydrogen-bond donors (Lipinski definition) is 3. The Labute approximate surface area is 284 Å². The SMILES string of the molecule is CN1CCOC(OC2CCC34CC35CCC3(C)C6CCC(C(O)C(C)(C)O)OC6CC3C5CCC4C2(C)C)C1.O=CC1CCNCC1. The lowest BCUT2D eigenvalue weighted by Crippen LogP contribution is -2.56. The Hall–Kier alpha value is -0.610. The van der Waals surface area contributed by atoms with Gasteiger partial charge in [0.2, 0.25) is 0 Å². The minimum absolute atomic E-state index is 0.0810. The van der Waals surface area contributed by atoms with E-state index >= 15 is 0 Å². The molecule has 8 rings (SSSR count). The van der Waals surface area contributed by atoms with Crippen molar-refractivity contribution in [1.29, 1.82) is 0 Å². The summed E-state index contributed by atoms with van der Waals surface area (Å²) in [7, 11) is 2.17. The predicted molar refractivity (Wildman–Crippen MR) is 182 cm³/mol. The molecular formula is C39H66N2O6. The Morgan fingerprint density at radius 3 is 2.38 bits per heavy atom. The summed E-state index contributed by atoms with van der Waals surface area (Å²) in [5.41, 5.74) is 0.467. The van der Waals surface area contributed by atoms with Gasteiger partial charge in [-0.1, -0.05) is 20.8 Å². The third kappa shape index (κ3) is 5.80. The summed E-state index contributed by atoms with van der Waals surface area (Å²) < 4.78 is 19.5. The van der Waals surface area contributed by atoms with E-state index in [1.54, 1.807) is 13.8 Å². The van der Waals surface area contributed by atoms with Crippen molar-refractivity contribution in [2.75, 3.05) is 39.8 Å². The summed E-state index contributed by atoms with van der Waals surface area (Å²) in [5.74, 6) is 3.26. The molecule has 12 atom stereocenters. The van der Waals surface area contributed by atoms with Crippen LogP contribution in [-0.4, -0.2) is 97.5 Å². The van der Waals surface area contributed by atoms with E-state index < -0.39 is 11.7 Å². The van der Waals surface area contributed by atoms with Crippen LogP contribution in [0.15, 0.2) is 0 Å². The number of hydrogen-bond acceptors (Lipinski definition) is 8. The molecule has 5 aliphatic carbocycles. The van der Waals surface area contributed by atoms with Gasteiger partial charge in [0.1, 0.15) is 12.4 Å². The smallest absolute Gasteiger partial charge is 0.170 e. The molecule has 8 aliphatic rings. The number of piperidine rings is 1. The van der Waals surface area contributed by atoms with Crippen molar-refractivity contribution in [3.63, 3.8) is 0 Å². The molecule has 0 aromatic heterocycles. The highest BCUT2D eigenvalue weighted by Gasteiger charge is 2.80. The topological polar surface area (TPSA) is 100 Å². The maximum Gasteiger partial charge on any atom is 0.170 e. The molecular weight excluding hydrogens is 592 g/mol. The largest absolute Gasteiger partial charge is 0.388 e. The number of aldehydes is 1. The standard InChI is InChI=1S/C33H55NO5.C6H11NO/c1-29(2)25-10-8-20-22-17-24-21(7-9-23(38-24)28(35)30(3,4)36)31(22,5)13-14-32(20)19-33(25,32)12-11-26(29)39-27-18-34(6)15-16-37-27;8-5-6-1-3-7-4-2-6/h20-28,35-36H,7-19H2,1-6H3;5-7H,1-4H2. The molecule has 8 nitrogen and oxygen atoms in total. The van der Waals surface area contributed by atoms with E-state index in [9.17, 15) is 15.0 Å². The molecule has 0 aromatic rings. The number of morpholine rings is 1. The van der Waals surface area contributed by atoms with Crippen LogP contribution in [0.3, 0.4) is 0 Å². The number of carbonyl (C=O) groups is 1. The second kappa shape index (κ2) is 12.6. The van der Waals surface area contributed by atoms with Crippen LogP contribution >= 0.6 is 0 Å². The Morgan fingerprint density at radius 2 is 1.70 bits per heavy atom. The van der Waals surface area contributed by atoms with Crippen molar-refractivity contribution < 1.29 is 29.2 Å². The first kappa shape index (κ1) is 34.8. The van der Waals surface area contributed by atoms with Gasteiger partial charge in [-0.25, -0.2) is 0 Å². The number of ether oxygens (including phenoxy) is 3. The fourth-order valence-electron chi connectivity index (χ4n) is 13.2. The molecule has 2 spiro atoms. The number of likely N-dealkylation sites (N-methyl/N-ethyl adjacent to an activating group) is 1. The number of fused-ring (bicyclic) bond motifs is 4. The number of rotatable bonds is 5. The van der Waals surface area contributed by atoms with Gasteiger partial charge < -0.3 is 34.5 Å². The van der Waals surface area contributed by atoms with E-state index in [0.29, 0.717) is 28.1 Å². The Bertz CT molecular complexity index is 1140. The van der Waals surface area contributed by atoms with E-state index in [1.165, 1.54) is 44.9 Å². The van der Waals surface area contributed by atoms with Crippen LogP contribution in [0.4, 0.5) is 0 Å². The molecule has 5 saturated carbocycles. The second-order valence-corrected chi connectivity index (χ2v) is 18.8. The number of nitrogens with zero attached hydrogens (tertiary/aromatic N) is 1. The van der Waals surface area contributed by atoms with Gasteiger partial charge in [-0.05, 0) is 156 Å². The number of nitrogens with one attached hydrogen (secondary N) is 1. The molecule has 12 unspecified atom stereocenters. The van der Waals surface area contributed by atoms with E-state index in [4.69, 9.17) is 14.2 Å². The van der Waals surface area contributed by atoms with Gasteiger partial charge in [-0.2, -0.15) is 0 Å². The van der Waals surface area contributed by atoms with Crippen molar-refractivity contribution in [3.8, 4) is 0 Å². The zero-order chi connectivity index (χ0) is 33.4. The van der Waals surface area contributed by atoms with E-state index in [-0.39, 0.29) is 30.0 Å². The molecule has 8 heteroatoms. The summed E-state index contributed by atoms with van der Waals surface area (Å²) in [5, 5.41) is 24.5. The highest BCUT2D eigenvalue weighted by Crippen LogP contribution is 2.87. The molecule has 0 bridgehead atoms.